The Labute approximate surface area is 201 Å². The number of carbonyl (C=O) groups is 2. The smallest absolute Gasteiger partial charge is 0.339 e. The van der Waals surface area contributed by atoms with Gasteiger partial charge in [0.2, 0.25) is 0 Å². The number of hydrogen-bond donors (Lipinski definition) is 2. The Morgan fingerprint density at radius 2 is 1.82 bits per heavy atom. The van der Waals surface area contributed by atoms with E-state index in [0.717, 1.165) is 64.0 Å². The number of fused-ring (bicyclic) bond motifs is 2. The summed E-state index contributed by atoms with van der Waals surface area (Å²) >= 11 is 1.58. The van der Waals surface area contributed by atoms with Gasteiger partial charge in [-0.3, -0.25) is 4.79 Å². The molecule has 2 aromatic heterocycles. The van der Waals surface area contributed by atoms with E-state index in [1.807, 2.05) is 60.9 Å². The van der Waals surface area contributed by atoms with E-state index in [4.69, 9.17) is 0 Å². The fourth-order valence-electron chi connectivity index (χ4n) is 4.72. The predicted molar refractivity (Wildman–Crippen MR) is 136 cm³/mol. The molecule has 1 amide bonds. The summed E-state index contributed by atoms with van der Waals surface area (Å²) in [6, 6.07) is 15.4. The van der Waals surface area contributed by atoms with Gasteiger partial charge < -0.3 is 9.67 Å². The van der Waals surface area contributed by atoms with E-state index in [2.05, 4.69) is 10.5 Å². The lowest BCUT2D eigenvalue weighted by Gasteiger charge is -2.11. The van der Waals surface area contributed by atoms with Gasteiger partial charge in [-0.2, -0.15) is 5.10 Å². The predicted octanol–water partition coefficient (Wildman–Crippen LogP) is 5.65. The van der Waals surface area contributed by atoms with E-state index >= 15 is 0 Å². The van der Waals surface area contributed by atoms with Crippen molar-refractivity contribution in [3.8, 4) is 5.00 Å². The number of thiophene rings is 1. The molecule has 0 fully saturated rings. The fourth-order valence-corrected chi connectivity index (χ4v) is 6.21. The Kier molecular flexibility index (Phi) is 5.79. The lowest BCUT2D eigenvalue weighted by Crippen LogP contribution is -2.17. The van der Waals surface area contributed by atoms with Crippen LogP contribution in [-0.4, -0.2) is 27.8 Å². The first kappa shape index (κ1) is 22.1. The molecule has 2 heterocycles. The molecule has 0 radical (unpaired) electrons. The number of hydrogen-bond acceptors (Lipinski definition) is 4. The number of nitrogens with zero attached hydrogens (tertiary/aromatic N) is 2. The summed E-state index contributed by atoms with van der Waals surface area (Å²) in [5.41, 5.74) is 7.22. The highest BCUT2D eigenvalue weighted by Crippen LogP contribution is 2.38. The number of rotatable bonds is 5. The number of carboxylic acid groups (broad SMARTS) is 1. The van der Waals surface area contributed by atoms with Crippen LogP contribution in [0.15, 0.2) is 53.6 Å². The molecule has 2 N–H and O–H groups in total. The zero-order valence-electron chi connectivity index (χ0n) is 19.1. The van der Waals surface area contributed by atoms with Crippen LogP contribution in [-0.2, 0) is 12.8 Å². The first-order valence-corrected chi connectivity index (χ1v) is 12.1. The number of aromatic nitrogens is 1. The van der Waals surface area contributed by atoms with Crippen LogP contribution in [0.3, 0.4) is 0 Å². The zero-order chi connectivity index (χ0) is 23.8. The number of amides is 1. The molecule has 6 nitrogen and oxygen atoms in total. The maximum Gasteiger partial charge on any atom is 0.339 e. The summed E-state index contributed by atoms with van der Waals surface area (Å²) < 4.78 is 2.00. The Bertz CT molecular complexity index is 1460. The molecule has 1 aliphatic rings. The summed E-state index contributed by atoms with van der Waals surface area (Å²) in [7, 11) is 0. The summed E-state index contributed by atoms with van der Waals surface area (Å²) in [4.78, 5) is 25.9. The topological polar surface area (TPSA) is 83.7 Å². The minimum atomic E-state index is -0.875. The average molecular weight is 472 g/mol. The Hall–Kier alpha value is -3.71. The monoisotopic (exact) mass is 471 g/mol. The van der Waals surface area contributed by atoms with Gasteiger partial charge in [0.1, 0.15) is 5.00 Å². The van der Waals surface area contributed by atoms with Gasteiger partial charge in [-0.05, 0) is 74.1 Å². The second kappa shape index (κ2) is 8.91. The molecule has 0 saturated heterocycles. The van der Waals surface area contributed by atoms with Gasteiger partial charge >= 0.3 is 5.97 Å². The normalized spacial score (nSPS) is 13.4. The standard InChI is InChI=1S/C27H25N3O3S/c1-16-13-21(15-28-29-25(31)20-12-11-18-7-3-4-8-19(18)14-20)17(2)30(16)26-24(27(32)33)22-9-5-6-10-23(22)34-26/h3-4,7-8,11-15H,5-6,9-10H2,1-2H3,(H,29,31)(H,32,33). The average Bonchev–Trinajstić information content (AvgIpc) is 3.34. The van der Waals surface area contributed by atoms with Crippen LogP contribution in [0, 0.1) is 13.8 Å². The van der Waals surface area contributed by atoms with E-state index < -0.39 is 5.97 Å². The quantitative estimate of drug-likeness (QED) is 0.291. The Morgan fingerprint density at radius 1 is 1.06 bits per heavy atom. The second-order valence-corrected chi connectivity index (χ2v) is 9.70. The van der Waals surface area contributed by atoms with Crippen molar-refractivity contribution < 1.29 is 14.7 Å². The molecule has 0 unspecified atom stereocenters. The highest BCUT2D eigenvalue weighted by Gasteiger charge is 2.27. The summed E-state index contributed by atoms with van der Waals surface area (Å²) in [6.45, 7) is 3.91. The van der Waals surface area contributed by atoms with Crippen LogP contribution in [0.25, 0.3) is 15.8 Å². The van der Waals surface area contributed by atoms with Gasteiger partial charge in [0.05, 0.1) is 11.8 Å². The molecular formula is C27H25N3O3S. The van der Waals surface area contributed by atoms with Gasteiger partial charge in [0.15, 0.2) is 0 Å². The van der Waals surface area contributed by atoms with Crippen LogP contribution < -0.4 is 5.43 Å². The van der Waals surface area contributed by atoms with Gasteiger partial charge in [-0.15, -0.1) is 11.3 Å². The molecular weight excluding hydrogens is 446 g/mol. The highest BCUT2D eigenvalue weighted by molar-refractivity contribution is 7.15. The Morgan fingerprint density at radius 3 is 2.62 bits per heavy atom. The van der Waals surface area contributed by atoms with Crippen molar-refractivity contribution in [3.05, 3.63) is 87.0 Å². The lowest BCUT2D eigenvalue weighted by molar-refractivity contribution is 0.0695. The van der Waals surface area contributed by atoms with Gasteiger partial charge in [-0.25, -0.2) is 10.2 Å². The van der Waals surface area contributed by atoms with Crippen molar-refractivity contribution in [1.29, 1.82) is 0 Å². The van der Waals surface area contributed by atoms with Crippen molar-refractivity contribution in [2.45, 2.75) is 39.5 Å². The van der Waals surface area contributed by atoms with Crippen molar-refractivity contribution in [2.24, 2.45) is 5.10 Å². The highest BCUT2D eigenvalue weighted by atomic mass is 32.1. The summed E-state index contributed by atoms with van der Waals surface area (Å²) in [6.07, 6.45) is 5.51. The third-order valence-electron chi connectivity index (χ3n) is 6.42. The van der Waals surface area contributed by atoms with Crippen molar-refractivity contribution in [1.82, 2.24) is 9.99 Å². The number of benzene rings is 2. The Balaban J connectivity index is 1.41. The van der Waals surface area contributed by atoms with Crippen molar-refractivity contribution in [2.75, 3.05) is 0 Å². The minimum Gasteiger partial charge on any atom is -0.478 e. The third-order valence-corrected chi connectivity index (χ3v) is 7.70. The van der Waals surface area contributed by atoms with Crippen LogP contribution in [0.2, 0.25) is 0 Å². The number of hydrazone groups is 1. The maximum atomic E-state index is 12.6. The first-order valence-electron chi connectivity index (χ1n) is 11.3. The van der Waals surface area contributed by atoms with Crippen LogP contribution in [0.4, 0.5) is 0 Å². The van der Waals surface area contributed by atoms with Crippen LogP contribution >= 0.6 is 11.3 Å². The molecule has 0 atom stereocenters. The number of nitrogens with one attached hydrogen (secondary N) is 1. The molecule has 172 valence electrons. The molecule has 4 aromatic rings. The third kappa shape index (κ3) is 3.92. The summed E-state index contributed by atoms with van der Waals surface area (Å²) in [5, 5.41) is 17.0. The molecule has 0 bridgehead atoms. The molecule has 34 heavy (non-hydrogen) atoms. The van der Waals surface area contributed by atoms with Crippen LogP contribution in [0.1, 0.15) is 60.9 Å². The fraction of sp³-hybridized carbons (Fsp3) is 0.222. The lowest BCUT2D eigenvalue weighted by atomic mass is 9.95. The SMILES string of the molecule is Cc1cc(C=NNC(=O)c2ccc3ccccc3c2)c(C)n1-c1sc2c(c1C(=O)O)CCCC2. The zero-order valence-corrected chi connectivity index (χ0v) is 19.9. The summed E-state index contributed by atoms with van der Waals surface area (Å²) in [5.74, 6) is -1.16. The van der Waals surface area contributed by atoms with E-state index in [0.29, 0.717) is 11.1 Å². The van der Waals surface area contributed by atoms with Crippen LogP contribution in [0.5, 0.6) is 0 Å². The van der Waals surface area contributed by atoms with Gasteiger partial charge in [0, 0.05) is 27.4 Å². The number of carbonyl (C=O) groups excluding carboxylic acids is 1. The van der Waals surface area contributed by atoms with E-state index in [-0.39, 0.29) is 5.91 Å². The minimum absolute atomic E-state index is 0.282. The van der Waals surface area contributed by atoms with Crippen molar-refractivity contribution in [3.63, 3.8) is 0 Å². The van der Waals surface area contributed by atoms with Gasteiger partial charge in [0.25, 0.3) is 5.91 Å². The number of aryl methyl sites for hydroxylation is 2. The first-order chi connectivity index (χ1) is 16.4. The largest absolute Gasteiger partial charge is 0.478 e. The second-order valence-electron chi connectivity index (χ2n) is 8.62. The number of carboxylic acids is 1. The van der Waals surface area contributed by atoms with E-state index in [9.17, 15) is 14.7 Å². The van der Waals surface area contributed by atoms with Crippen molar-refractivity contribution >= 4 is 40.2 Å². The maximum absolute atomic E-state index is 12.6. The molecule has 0 aliphatic heterocycles. The van der Waals surface area contributed by atoms with E-state index in [1.165, 1.54) is 4.88 Å². The molecule has 0 spiro atoms. The molecule has 7 heteroatoms. The molecule has 2 aromatic carbocycles. The molecule has 5 rings (SSSR count). The van der Waals surface area contributed by atoms with E-state index in [1.54, 1.807) is 23.6 Å². The van der Waals surface area contributed by atoms with Gasteiger partial charge in [-0.1, -0.05) is 30.3 Å². The number of aromatic carboxylic acids is 1. The molecule has 1 aliphatic carbocycles. The molecule has 0 saturated carbocycles.